The third-order valence-electron chi connectivity index (χ3n) is 4.18. The summed E-state index contributed by atoms with van der Waals surface area (Å²) in [7, 11) is 0. The summed E-state index contributed by atoms with van der Waals surface area (Å²) in [4.78, 5) is 0.776. The van der Waals surface area contributed by atoms with Crippen molar-refractivity contribution < 1.29 is 5.11 Å². The first-order valence-corrected chi connectivity index (χ1v) is 8.32. The zero-order valence-electron chi connectivity index (χ0n) is 11.0. The summed E-state index contributed by atoms with van der Waals surface area (Å²) in [5.41, 5.74) is -0.392. The fourth-order valence-electron chi connectivity index (χ4n) is 2.59. The molecule has 1 heterocycles. The first-order valence-electron chi connectivity index (χ1n) is 6.34. The molecule has 1 aromatic rings. The van der Waals surface area contributed by atoms with Crippen LogP contribution in [-0.4, -0.2) is 5.11 Å². The number of hydrogen-bond donors (Lipinski definition) is 1. The van der Waals surface area contributed by atoms with Crippen LogP contribution in [0.3, 0.4) is 0 Å². The number of rotatable bonds is 2. The van der Waals surface area contributed by atoms with Crippen LogP contribution in [0.4, 0.5) is 0 Å². The van der Waals surface area contributed by atoms with Gasteiger partial charge in [0, 0.05) is 9.35 Å². The van der Waals surface area contributed by atoms with Crippen LogP contribution in [0.15, 0.2) is 10.5 Å². The second-order valence-corrected chi connectivity index (χ2v) is 8.65. The van der Waals surface area contributed by atoms with Crippen LogP contribution < -0.4 is 0 Å². The Labute approximate surface area is 131 Å². The molecule has 0 radical (unpaired) electrons. The number of aliphatic hydroxyl groups is 1. The summed E-state index contributed by atoms with van der Waals surface area (Å²) >= 11 is 10.7. The largest absolute Gasteiger partial charge is 0.386 e. The van der Waals surface area contributed by atoms with Gasteiger partial charge in [-0.25, -0.2) is 0 Å². The van der Waals surface area contributed by atoms with Crippen LogP contribution in [0.2, 0.25) is 4.34 Å². The Hall–Kier alpha value is -0.0800. The number of nitrogens with zero attached hydrogens (tertiary/aromatic N) is 1. The first kappa shape index (κ1) is 15.3. The summed E-state index contributed by atoms with van der Waals surface area (Å²) in [6, 6.07) is 4.21. The highest BCUT2D eigenvalue weighted by Crippen LogP contribution is 2.52. The molecule has 5 heteroatoms. The van der Waals surface area contributed by atoms with E-state index < -0.39 is 11.5 Å². The van der Waals surface area contributed by atoms with Crippen molar-refractivity contribution in [3.05, 3.63) is 19.8 Å². The summed E-state index contributed by atoms with van der Waals surface area (Å²) in [5.74, 6) is 0. The fraction of sp³-hybridized carbons (Fsp3) is 0.643. The molecule has 1 aliphatic carbocycles. The Bertz CT molecular complexity index is 491. The van der Waals surface area contributed by atoms with Gasteiger partial charge in [0.05, 0.1) is 11.5 Å². The van der Waals surface area contributed by atoms with E-state index >= 15 is 0 Å². The normalized spacial score (nSPS) is 22.7. The zero-order valence-corrected chi connectivity index (χ0v) is 14.2. The van der Waals surface area contributed by atoms with Gasteiger partial charge in [-0.3, -0.25) is 0 Å². The third-order valence-corrected chi connectivity index (χ3v) is 6.70. The lowest BCUT2D eigenvalue weighted by molar-refractivity contribution is 0.0117. The molecule has 0 saturated heterocycles. The van der Waals surface area contributed by atoms with Gasteiger partial charge in [0.15, 0.2) is 0 Å². The summed E-state index contributed by atoms with van der Waals surface area (Å²) < 4.78 is 1.41. The minimum Gasteiger partial charge on any atom is -0.386 e. The van der Waals surface area contributed by atoms with E-state index in [1.807, 2.05) is 6.07 Å². The van der Waals surface area contributed by atoms with Gasteiger partial charge in [0.2, 0.25) is 0 Å². The summed E-state index contributed by atoms with van der Waals surface area (Å²) in [6.45, 7) is 4.44. The minimum absolute atomic E-state index is 0.272. The molecule has 0 amide bonds. The predicted octanol–water partition coefficient (Wildman–Crippen LogP) is 5.31. The van der Waals surface area contributed by atoms with E-state index in [4.69, 9.17) is 11.6 Å². The van der Waals surface area contributed by atoms with Gasteiger partial charge in [-0.1, -0.05) is 25.4 Å². The van der Waals surface area contributed by atoms with Crippen molar-refractivity contribution in [1.82, 2.24) is 0 Å². The smallest absolute Gasteiger partial charge is 0.107 e. The maximum absolute atomic E-state index is 10.6. The lowest BCUT2D eigenvalue weighted by Gasteiger charge is -2.41. The Morgan fingerprint density at radius 1 is 1.42 bits per heavy atom. The molecule has 0 aromatic carbocycles. The van der Waals surface area contributed by atoms with Crippen molar-refractivity contribution in [2.75, 3.05) is 0 Å². The van der Waals surface area contributed by atoms with E-state index in [2.05, 4.69) is 35.8 Å². The van der Waals surface area contributed by atoms with Crippen molar-refractivity contribution in [3.63, 3.8) is 0 Å². The van der Waals surface area contributed by atoms with Gasteiger partial charge in [0.25, 0.3) is 0 Å². The van der Waals surface area contributed by atoms with Gasteiger partial charge in [-0.2, -0.15) is 5.26 Å². The molecule has 0 bridgehead atoms. The predicted molar refractivity (Wildman–Crippen MR) is 82.3 cm³/mol. The highest BCUT2D eigenvalue weighted by atomic mass is 79.9. The summed E-state index contributed by atoms with van der Waals surface area (Å²) in [6.07, 6.45) is 2.67. The highest BCUT2D eigenvalue weighted by Gasteiger charge is 2.45. The van der Waals surface area contributed by atoms with Crippen LogP contribution in [-0.2, 0) is 0 Å². The SMILES string of the molecule is CC1(C)CCC(C#N)(C(O)c2cc(Br)c(Cl)s2)CC1. The standard InChI is InChI=1S/C14H17BrClNOS/c1-13(2)3-5-14(8-17,6-4-13)11(18)10-7-9(15)12(16)19-10/h7,11,18H,3-6H2,1-2H3. The fourth-order valence-corrected chi connectivity index (χ4v) is 4.43. The maximum Gasteiger partial charge on any atom is 0.107 e. The first-order chi connectivity index (χ1) is 8.80. The lowest BCUT2D eigenvalue weighted by atomic mass is 9.63. The van der Waals surface area contributed by atoms with Crippen molar-refractivity contribution in [1.29, 1.82) is 5.26 Å². The van der Waals surface area contributed by atoms with Gasteiger partial charge in [-0.15, -0.1) is 11.3 Å². The monoisotopic (exact) mass is 361 g/mol. The molecule has 1 atom stereocenters. The van der Waals surface area contributed by atoms with Crippen molar-refractivity contribution in [2.45, 2.75) is 45.6 Å². The molecule has 0 spiro atoms. The van der Waals surface area contributed by atoms with Crippen molar-refractivity contribution in [3.8, 4) is 6.07 Å². The van der Waals surface area contributed by atoms with Gasteiger partial charge in [0.1, 0.15) is 10.4 Å². The van der Waals surface area contributed by atoms with Crippen LogP contribution in [0.5, 0.6) is 0 Å². The summed E-state index contributed by atoms with van der Waals surface area (Å²) in [5, 5.41) is 20.2. The van der Waals surface area contributed by atoms with E-state index in [1.54, 1.807) is 0 Å². The number of hydrogen-bond acceptors (Lipinski definition) is 3. The Morgan fingerprint density at radius 2 is 2.00 bits per heavy atom. The lowest BCUT2D eigenvalue weighted by Crippen LogP contribution is -2.34. The van der Waals surface area contributed by atoms with Crippen LogP contribution in [0.25, 0.3) is 0 Å². The molecule has 1 aromatic heterocycles. The number of thiophene rings is 1. The number of aliphatic hydroxyl groups excluding tert-OH is 1. The Morgan fingerprint density at radius 3 is 2.42 bits per heavy atom. The molecule has 104 valence electrons. The van der Waals surface area contributed by atoms with E-state index in [0.29, 0.717) is 4.34 Å². The van der Waals surface area contributed by atoms with Crippen LogP contribution in [0.1, 0.15) is 50.5 Å². The molecule has 1 N–H and O–H groups in total. The average molecular weight is 363 g/mol. The topological polar surface area (TPSA) is 44.0 Å². The molecular weight excluding hydrogens is 346 g/mol. The second-order valence-electron chi connectivity index (χ2n) is 6.11. The van der Waals surface area contributed by atoms with Gasteiger partial charge >= 0.3 is 0 Å². The Balaban J connectivity index is 2.25. The average Bonchev–Trinajstić information content (AvgIpc) is 2.70. The zero-order chi connectivity index (χ0) is 14.3. The molecule has 19 heavy (non-hydrogen) atoms. The number of halogens is 2. The quantitative estimate of drug-likeness (QED) is 0.775. The number of nitriles is 1. The van der Waals surface area contributed by atoms with E-state index in [1.165, 1.54) is 11.3 Å². The molecule has 0 aliphatic heterocycles. The van der Waals surface area contributed by atoms with Gasteiger partial charge in [-0.05, 0) is 53.1 Å². The molecule has 1 fully saturated rings. The van der Waals surface area contributed by atoms with Crippen molar-refractivity contribution >= 4 is 38.9 Å². The minimum atomic E-state index is -0.748. The molecule has 2 rings (SSSR count). The molecule has 2 nitrogen and oxygen atoms in total. The maximum atomic E-state index is 10.6. The van der Waals surface area contributed by atoms with E-state index in [-0.39, 0.29) is 5.41 Å². The molecule has 1 unspecified atom stereocenters. The third kappa shape index (κ3) is 3.00. The highest BCUT2D eigenvalue weighted by molar-refractivity contribution is 9.10. The van der Waals surface area contributed by atoms with E-state index in [0.717, 1.165) is 35.0 Å². The van der Waals surface area contributed by atoms with Crippen molar-refractivity contribution in [2.24, 2.45) is 10.8 Å². The second kappa shape index (κ2) is 5.37. The molecule has 1 saturated carbocycles. The molecular formula is C14H17BrClNOS. The van der Waals surface area contributed by atoms with Crippen LogP contribution >= 0.6 is 38.9 Å². The van der Waals surface area contributed by atoms with E-state index in [9.17, 15) is 10.4 Å². The van der Waals surface area contributed by atoms with Gasteiger partial charge < -0.3 is 5.11 Å². The Kier molecular flexibility index (Phi) is 4.32. The molecule has 1 aliphatic rings. The van der Waals surface area contributed by atoms with Crippen LogP contribution in [0, 0.1) is 22.2 Å².